The number of aliphatic hydroxyl groups excluding tert-OH is 1. The van der Waals surface area contributed by atoms with Crippen LogP contribution in [0.2, 0.25) is 0 Å². The van der Waals surface area contributed by atoms with Gasteiger partial charge in [-0.1, -0.05) is 30.4 Å². The monoisotopic (exact) mass is 348 g/mol. The van der Waals surface area contributed by atoms with E-state index in [-0.39, 0.29) is 29.5 Å². The number of cyclic esters (lactones) is 1. The number of aliphatic hydroxyl groups is 2. The van der Waals surface area contributed by atoms with Crippen LogP contribution in [0, 0.1) is 11.8 Å². The fourth-order valence-corrected chi connectivity index (χ4v) is 3.98. The van der Waals surface area contributed by atoms with Gasteiger partial charge in [-0.15, -0.1) is 0 Å². The Morgan fingerprint density at radius 3 is 2.76 bits per heavy atom. The van der Waals surface area contributed by atoms with Crippen LogP contribution in [0.15, 0.2) is 36.0 Å². The molecule has 3 unspecified atom stereocenters. The van der Waals surface area contributed by atoms with Crippen molar-refractivity contribution in [3.63, 3.8) is 0 Å². The molecule has 3 aliphatic rings. The lowest BCUT2D eigenvalue weighted by Crippen LogP contribution is -2.35. The summed E-state index contributed by atoms with van der Waals surface area (Å²) in [5, 5.41) is 20.2. The van der Waals surface area contributed by atoms with E-state index in [9.17, 15) is 15.0 Å². The highest BCUT2D eigenvalue weighted by Crippen LogP contribution is 2.49. The highest BCUT2D eigenvalue weighted by atomic mass is 16.6. The molecule has 1 saturated carbocycles. The van der Waals surface area contributed by atoms with Crippen LogP contribution in [0.25, 0.3) is 0 Å². The Morgan fingerprint density at radius 1 is 1.36 bits per heavy atom. The molecule has 0 spiro atoms. The Morgan fingerprint density at radius 2 is 2.08 bits per heavy atom. The molecular formula is C20H28O5. The van der Waals surface area contributed by atoms with Crippen molar-refractivity contribution in [1.29, 1.82) is 0 Å². The summed E-state index contributed by atoms with van der Waals surface area (Å²) in [5.74, 6) is -0.310. The predicted molar refractivity (Wildman–Crippen MR) is 93.7 cm³/mol. The quantitative estimate of drug-likeness (QED) is 0.346. The van der Waals surface area contributed by atoms with Crippen LogP contribution in [-0.4, -0.2) is 46.2 Å². The average Bonchev–Trinajstić information content (AvgIpc) is 3.17. The van der Waals surface area contributed by atoms with Crippen molar-refractivity contribution in [2.75, 3.05) is 6.61 Å². The van der Waals surface area contributed by atoms with Crippen molar-refractivity contribution in [2.24, 2.45) is 11.8 Å². The van der Waals surface area contributed by atoms with Crippen LogP contribution >= 0.6 is 0 Å². The van der Waals surface area contributed by atoms with Crippen molar-refractivity contribution in [3.05, 3.63) is 36.0 Å². The van der Waals surface area contributed by atoms with Crippen molar-refractivity contribution in [1.82, 2.24) is 0 Å². The minimum absolute atomic E-state index is 0.00724. The molecule has 0 bridgehead atoms. The zero-order valence-electron chi connectivity index (χ0n) is 15.2. The largest absolute Gasteiger partial charge is 0.462 e. The van der Waals surface area contributed by atoms with E-state index in [0.717, 1.165) is 18.4 Å². The van der Waals surface area contributed by atoms with Crippen LogP contribution < -0.4 is 0 Å². The van der Waals surface area contributed by atoms with Gasteiger partial charge in [-0.25, -0.2) is 4.79 Å². The maximum atomic E-state index is 12.3. The topological polar surface area (TPSA) is 79.3 Å². The Labute approximate surface area is 149 Å². The van der Waals surface area contributed by atoms with Crippen molar-refractivity contribution >= 4 is 5.97 Å². The van der Waals surface area contributed by atoms with E-state index in [0.29, 0.717) is 18.6 Å². The molecule has 0 radical (unpaired) electrons. The van der Waals surface area contributed by atoms with Gasteiger partial charge in [0.15, 0.2) is 0 Å². The number of allylic oxidation sites excluding steroid dienone is 2. The molecule has 3 rings (SSSR count). The van der Waals surface area contributed by atoms with E-state index < -0.39 is 11.7 Å². The number of fused-ring (bicyclic) bond motifs is 2. The standard InChI is InChI=1S/C20H28O5/c1-12-10-16(21)17-20(4,25-17)9-7-13-14(6-5-8-19(2,3)23)18(22)24-11-15(12)13/h5-6,8,13,15-17,21,23H,1,7,9-11H2,2-4H3/b8-5+,14-6-/t13-,15+,16?,17?,20?/m1/s1. The third-order valence-electron chi connectivity index (χ3n) is 5.53. The van der Waals surface area contributed by atoms with Gasteiger partial charge >= 0.3 is 5.97 Å². The molecule has 5 atom stereocenters. The molecule has 0 amide bonds. The van der Waals surface area contributed by atoms with E-state index in [4.69, 9.17) is 9.47 Å². The lowest BCUT2D eigenvalue weighted by molar-refractivity contribution is -0.144. The molecule has 3 fully saturated rings. The van der Waals surface area contributed by atoms with E-state index >= 15 is 0 Å². The molecule has 2 aliphatic heterocycles. The molecule has 5 heteroatoms. The second kappa shape index (κ2) is 6.38. The fourth-order valence-electron chi connectivity index (χ4n) is 3.98. The smallest absolute Gasteiger partial charge is 0.334 e. The number of esters is 1. The fraction of sp³-hybridized carbons (Fsp3) is 0.650. The summed E-state index contributed by atoms with van der Waals surface area (Å²) in [6, 6.07) is 0. The maximum absolute atomic E-state index is 12.3. The van der Waals surface area contributed by atoms with Gasteiger partial charge in [-0.05, 0) is 40.0 Å². The van der Waals surface area contributed by atoms with Crippen LogP contribution in [0.3, 0.4) is 0 Å². The van der Waals surface area contributed by atoms with E-state index in [2.05, 4.69) is 6.58 Å². The van der Waals surface area contributed by atoms with Crippen molar-refractivity contribution in [3.8, 4) is 0 Å². The van der Waals surface area contributed by atoms with Gasteiger partial charge in [0.25, 0.3) is 0 Å². The summed E-state index contributed by atoms with van der Waals surface area (Å²) in [5.41, 5.74) is 0.255. The number of rotatable bonds is 2. The van der Waals surface area contributed by atoms with E-state index in [1.807, 2.05) is 6.92 Å². The van der Waals surface area contributed by atoms with E-state index in [1.54, 1.807) is 32.1 Å². The van der Waals surface area contributed by atoms with Gasteiger partial charge < -0.3 is 19.7 Å². The highest BCUT2D eigenvalue weighted by molar-refractivity contribution is 5.90. The molecule has 138 valence electrons. The van der Waals surface area contributed by atoms with Gasteiger partial charge in [-0.3, -0.25) is 0 Å². The number of hydrogen-bond acceptors (Lipinski definition) is 5. The summed E-state index contributed by atoms with van der Waals surface area (Å²) < 4.78 is 11.1. The number of epoxide rings is 1. The average molecular weight is 348 g/mol. The van der Waals surface area contributed by atoms with Gasteiger partial charge in [0.05, 0.1) is 23.9 Å². The summed E-state index contributed by atoms with van der Waals surface area (Å²) in [4.78, 5) is 12.3. The number of carbonyl (C=O) groups is 1. The first-order valence-corrected chi connectivity index (χ1v) is 8.93. The summed E-state index contributed by atoms with van der Waals surface area (Å²) in [7, 11) is 0. The number of carbonyl (C=O) groups excluding carboxylic acids is 1. The normalized spacial score (nSPS) is 40.8. The van der Waals surface area contributed by atoms with Crippen LogP contribution in [-0.2, 0) is 14.3 Å². The number of hydrogen-bond donors (Lipinski definition) is 2. The Bertz CT molecular complexity index is 626. The third-order valence-corrected chi connectivity index (χ3v) is 5.53. The van der Waals surface area contributed by atoms with Gasteiger partial charge in [-0.2, -0.15) is 0 Å². The summed E-state index contributed by atoms with van der Waals surface area (Å²) in [6.45, 7) is 9.84. The lowest BCUT2D eigenvalue weighted by Gasteiger charge is -2.34. The Balaban J connectivity index is 1.88. The molecule has 0 aromatic heterocycles. The lowest BCUT2D eigenvalue weighted by atomic mass is 9.76. The van der Waals surface area contributed by atoms with Crippen molar-refractivity contribution in [2.45, 2.75) is 63.4 Å². The second-order valence-corrected chi connectivity index (χ2v) is 8.27. The van der Waals surface area contributed by atoms with Crippen LogP contribution in [0.1, 0.15) is 40.0 Å². The predicted octanol–water partition coefficient (Wildman–Crippen LogP) is 2.29. The molecule has 2 N–H and O–H groups in total. The molecule has 0 aromatic rings. The first-order chi connectivity index (χ1) is 11.6. The molecule has 5 nitrogen and oxygen atoms in total. The Hall–Kier alpha value is -1.43. The molecule has 2 heterocycles. The maximum Gasteiger partial charge on any atom is 0.334 e. The zero-order chi connectivity index (χ0) is 18.4. The van der Waals surface area contributed by atoms with Crippen LogP contribution in [0.4, 0.5) is 0 Å². The highest BCUT2D eigenvalue weighted by Gasteiger charge is 2.57. The van der Waals surface area contributed by atoms with Crippen LogP contribution in [0.5, 0.6) is 0 Å². The van der Waals surface area contributed by atoms with E-state index in [1.165, 1.54) is 0 Å². The van der Waals surface area contributed by atoms with Gasteiger partial charge in [0.1, 0.15) is 6.10 Å². The molecule has 2 saturated heterocycles. The first kappa shape index (κ1) is 18.4. The summed E-state index contributed by atoms with van der Waals surface area (Å²) >= 11 is 0. The minimum Gasteiger partial charge on any atom is -0.462 e. The zero-order valence-corrected chi connectivity index (χ0v) is 15.2. The van der Waals surface area contributed by atoms with Gasteiger partial charge in [0.2, 0.25) is 0 Å². The number of ether oxygens (including phenoxy) is 2. The second-order valence-electron chi connectivity index (χ2n) is 8.27. The molecule has 0 aromatic carbocycles. The third kappa shape index (κ3) is 3.89. The van der Waals surface area contributed by atoms with Crippen molar-refractivity contribution < 1.29 is 24.5 Å². The molecule has 25 heavy (non-hydrogen) atoms. The molecule has 1 aliphatic carbocycles. The minimum atomic E-state index is -0.941. The SMILES string of the molecule is C=C1CC(O)C2OC2(C)CC[C@@H]2/C(=C/C=C/C(C)(C)O)C(=O)OC[C@@H]12. The Kier molecular flexibility index (Phi) is 4.69. The molecular weight excluding hydrogens is 320 g/mol. The first-order valence-electron chi connectivity index (χ1n) is 8.93. The van der Waals surface area contributed by atoms with Gasteiger partial charge in [0, 0.05) is 17.4 Å². The summed E-state index contributed by atoms with van der Waals surface area (Å²) in [6.07, 6.45) is 6.41.